The number of sulfonamides is 1. The van der Waals surface area contributed by atoms with E-state index in [2.05, 4.69) is 15.3 Å². The summed E-state index contributed by atoms with van der Waals surface area (Å²) >= 11 is 0. The van der Waals surface area contributed by atoms with Crippen LogP contribution in [0.5, 0.6) is 5.75 Å². The summed E-state index contributed by atoms with van der Waals surface area (Å²) < 4.78 is 74.3. The first-order chi connectivity index (χ1) is 18.5. The third-order valence-corrected chi connectivity index (χ3v) is 8.26. The maximum Gasteiger partial charge on any atom is 0.417 e. The molecule has 204 valence electrons. The fourth-order valence-electron chi connectivity index (χ4n) is 4.08. The highest BCUT2D eigenvalue weighted by Gasteiger charge is 2.31. The summed E-state index contributed by atoms with van der Waals surface area (Å²) in [6.07, 6.45) is 1.87. The molecule has 0 spiro atoms. The number of methoxy groups -OCH3 is 1. The lowest BCUT2D eigenvalue weighted by Crippen LogP contribution is -2.26. The second kappa shape index (κ2) is 10.3. The van der Waals surface area contributed by atoms with E-state index < -0.39 is 21.8 Å². The fourth-order valence-corrected chi connectivity index (χ4v) is 5.27. The number of hydrogen-bond donors (Lipinski definition) is 1. The second-order valence-electron chi connectivity index (χ2n) is 9.31. The van der Waals surface area contributed by atoms with Crippen molar-refractivity contribution in [3.05, 3.63) is 84.4 Å². The van der Waals surface area contributed by atoms with Crippen LogP contribution in [0.25, 0.3) is 11.3 Å². The first-order valence-corrected chi connectivity index (χ1v) is 13.6. The molecule has 1 aliphatic rings. The van der Waals surface area contributed by atoms with E-state index in [1.807, 2.05) is 10.8 Å². The second-order valence-corrected chi connectivity index (χ2v) is 11.4. The third kappa shape index (κ3) is 5.91. The molecule has 0 unspecified atom stereocenters. The lowest BCUT2D eigenvalue weighted by atomic mass is 10.1. The SMILES string of the molecule is COc1ccc(CN(C)S(=O)(=O)c2ccc(Nc3ccc(C(F)(F)F)cn3)c(-c3cn(C4CC4)cn3)c2)cc1. The topological polar surface area (TPSA) is 89.4 Å². The van der Waals surface area contributed by atoms with Crippen LogP contribution < -0.4 is 10.1 Å². The molecule has 2 heterocycles. The minimum atomic E-state index is -4.50. The summed E-state index contributed by atoms with van der Waals surface area (Å²) in [7, 11) is -0.835. The predicted molar refractivity (Wildman–Crippen MR) is 140 cm³/mol. The van der Waals surface area contributed by atoms with Crippen LogP contribution in [0.2, 0.25) is 0 Å². The van der Waals surface area contributed by atoms with Gasteiger partial charge in [0.25, 0.3) is 0 Å². The number of nitrogens with zero attached hydrogens (tertiary/aromatic N) is 4. The summed E-state index contributed by atoms with van der Waals surface area (Å²) in [5, 5.41) is 3.01. The summed E-state index contributed by atoms with van der Waals surface area (Å²) in [4.78, 5) is 8.42. The molecule has 12 heteroatoms. The van der Waals surface area contributed by atoms with Crippen molar-refractivity contribution < 1.29 is 26.3 Å². The predicted octanol–water partition coefficient (Wildman–Crippen LogP) is 5.87. The highest BCUT2D eigenvalue weighted by molar-refractivity contribution is 7.89. The number of anilines is 2. The molecule has 0 atom stereocenters. The molecule has 1 aliphatic carbocycles. The lowest BCUT2D eigenvalue weighted by Gasteiger charge is -2.19. The Bertz CT molecular complexity index is 1570. The molecule has 0 bridgehead atoms. The summed E-state index contributed by atoms with van der Waals surface area (Å²) in [5.41, 5.74) is 1.40. The first-order valence-electron chi connectivity index (χ1n) is 12.1. The van der Waals surface area contributed by atoms with Gasteiger partial charge < -0.3 is 14.6 Å². The Morgan fingerprint density at radius 2 is 1.82 bits per heavy atom. The zero-order chi connectivity index (χ0) is 27.8. The highest BCUT2D eigenvalue weighted by atomic mass is 32.2. The monoisotopic (exact) mass is 557 g/mol. The summed E-state index contributed by atoms with van der Waals surface area (Å²) in [5.74, 6) is 0.850. The van der Waals surface area contributed by atoms with Crippen molar-refractivity contribution in [1.29, 1.82) is 0 Å². The minimum Gasteiger partial charge on any atom is -0.497 e. The largest absolute Gasteiger partial charge is 0.497 e. The number of imidazole rings is 1. The smallest absolute Gasteiger partial charge is 0.417 e. The maximum atomic E-state index is 13.5. The Hall–Kier alpha value is -3.90. The molecule has 1 N–H and O–H groups in total. The zero-order valence-corrected chi connectivity index (χ0v) is 22.0. The fraction of sp³-hybridized carbons (Fsp3) is 0.259. The van der Waals surface area contributed by atoms with Gasteiger partial charge in [0, 0.05) is 43.3 Å². The lowest BCUT2D eigenvalue weighted by molar-refractivity contribution is -0.137. The maximum absolute atomic E-state index is 13.5. The molecule has 0 radical (unpaired) electrons. The number of halogens is 3. The van der Waals surface area contributed by atoms with Crippen LogP contribution in [0.15, 0.2) is 78.2 Å². The average molecular weight is 558 g/mol. The van der Waals surface area contributed by atoms with E-state index in [-0.39, 0.29) is 17.3 Å². The van der Waals surface area contributed by atoms with Gasteiger partial charge in [-0.25, -0.2) is 18.4 Å². The van der Waals surface area contributed by atoms with Gasteiger partial charge in [-0.2, -0.15) is 17.5 Å². The number of pyridine rings is 1. The van der Waals surface area contributed by atoms with Crippen LogP contribution in [0.4, 0.5) is 24.7 Å². The number of alkyl halides is 3. The van der Waals surface area contributed by atoms with E-state index in [9.17, 15) is 21.6 Å². The van der Waals surface area contributed by atoms with E-state index in [0.29, 0.717) is 28.7 Å². The van der Waals surface area contributed by atoms with Crippen LogP contribution in [-0.2, 0) is 22.7 Å². The average Bonchev–Trinajstić information content (AvgIpc) is 3.65. The molecule has 4 aromatic rings. The molecule has 0 amide bonds. The van der Waals surface area contributed by atoms with Gasteiger partial charge >= 0.3 is 6.18 Å². The van der Waals surface area contributed by atoms with E-state index in [1.54, 1.807) is 43.8 Å². The third-order valence-electron chi connectivity index (χ3n) is 6.46. The van der Waals surface area contributed by atoms with Crippen molar-refractivity contribution in [3.63, 3.8) is 0 Å². The van der Waals surface area contributed by atoms with Crippen molar-refractivity contribution in [3.8, 4) is 17.0 Å². The van der Waals surface area contributed by atoms with E-state index >= 15 is 0 Å². The molecular formula is C27H26F3N5O3S. The van der Waals surface area contributed by atoms with Crippen molar-refractivity contribution in [2.45, 2.75) is 36.5 Å². The molecule has 0 saturated heterocycles. The van der Waals surface area contributed by atoms with Gasteiger partial charge in [0.2, 0.25) is 10.0 Å². The Labute approximate surface area is 224 Å². The van der Waals surface area contributed by atoms with Gasteiger partial charge in [-0.1, -0.05) is 12.1 Å². The van der Waals surface area contributed by atoms with Crippen molar-refractivity contribution in [1.82, 2.24) is 18.8 Å². The standard InChI is InChI=1S/C27H26F3N5O3S/c1-34(15-18-3-8-21(38-2)9-4-18)39(36,37)22-10-11-24(33-26-12-5-19(14-31-26)27(28,29)30)23(13-22)25-16-35(17-32-25)20-6-7-20/h3-5,8-14,16-17,20H,6-7,15H2,1-2H3,(H,31,33). The van der Waals surface area contributed by atoms with Gasteiger partial charge in [0.15, 0.2) is 0 Å². The van der Waals surface area contributed by atoms with Gasteiger partial charge in [0.1, 0.15) is 11.6 Å². The minimum absolute atomic E-state index is 0.0559. The number of hydrogen-bond acceptors (Lipinski definition) is 6. The molecule has 1 saturated carbocycles. The van der Waals surface area contributed by atoms with Crippen LogP contribution in [0, 0.1) is 0 Å². The Balaban J connectivity index is 1.46. The molecule has 39 heavy (non-hydrogen) atoms. The molecule has 2 aromatic carbocycles. The number of nitrogens with one attached hydrogen (secondary N) is 1. The highest BCUT2D eigenvalue weighted by Crippen LogP contribution is 2.38. The van der Waals surface area contributed by atoms with Gasteiger partial charge in [-0.05, 0) is 60.9 Å². The van der Waals surface area contributed by atoms with Crippen LogP contribution in [0.3, 0.4) is 0 Å². The van der Waals surface area contributed by atoms with E-state index in [4.69, 9.17) is 4.74 Å². The molecule has 0 aliphatic heterocycles. The van der Waals surface area contributed by atoms with Crippen molar-refractivity contribution in [2.75, 3.05) is 19.5 Å². The summed E-state index contributed by atoms with van der Waals surface area (Å²) in [6.45, 7) is 0.146. The molecule has 8 nitrogen and oxygen atoms in total. The molecular weight excluding hydrogens is 531 g/mol. The van der Waals surface area contributed by atoms with Gasteiger partial charge in [-0.3, -0.25) is 0 Å². The van der Waals surface area contributed by atoms with Crippen LogP contribution in [-0.4, -0.2) is 41.4 Å². The molecule has 1 fully saturated rings. The number of benzene rings is 2. The van der Waals surface area contributed by atoms with Crippen molar-refractivity contribution in [2.24, 2.45) is 0 Å². The quantitative estimate of drug-likeness (QED) is 0.277. The first kappa shape index (κ1) is 26.7. The number of aromatic nitrogens is 3. The van der Waals surface area contributed by atoms with Crippen LogP contribution in [0.1, 0.15) is 30.0 Å². The zero-order valence-electron chi connectivity index (χ0n) is 21.2. The Morgan fingerprint density at radius 1 is 1.08 bits per heavy atom. The normalized spacial score (nSPS) is 14.0. The van der Waals surface area contributed by atoms with E-state index in [1.165, 1.54) is 29.6 Å². The Morgan fingerprint density at radius 3 is 2.44 bits per heavy atom. The van der Waals surface area contributed by atoms with Gasteiger partial charge in [0.05, 0.1) is 29.6 Å². The van der Waals surface area contributed by atoms with Crippen LogP contribution >= 0.6 is 0 Å². The van der Waals surface area contributed by atoms with Gasteiger partial charge in [-0.15, -0.1) is 0 Å². The number of ether oxygens (including phenoxy) is 1. The number of rotatable bonds is 9. The summed E-state index contributed by atoms with van der Waals surface area (Å²) in [6, 6.07) is 14.2. The molecule has 2 aromatic heterocycles. The molecule has 5 rings (SSSR count). The Kier molecular flexibility index (Phi) is 7.08. The van der Waals surface area contributed by atoms with Crippen molar-refractivity contribution >= 4 is 21.5 Å². The van der Waals surface area contributed by atoms with E-state index in [0.717, 1.165) is 30.7 Å².